The van der Waals surface area contributed by atoms with E-state index in [1.54, 1.807) is 0 Å². The van der Waals surface area contributed by atoms with Gasteiger partial charge in [0, 0.05) is 29.2 Å². The summed E-state index contributed by atoms with van der Waals surface area (Å²) in [6.07, 6.45) is 3.11. The Kier molecular flexibility index (Phi) is 6.19. The molecule has 1 atom stereocenters. The zero-order chi connectivity index (χ0) is 23.7. The van der Waals surface area contributed by atoms with Crippen molar-refractivity contribution in [1.29, 1.82) is 5.26 Å². The summed E-state index contributed by atoms with van der Waals surface area (Å²) < 4.78 is 4.54. The molecule has 7 heteroatoms. The Labute approximate surface area is 192 Å². The molecule has 4 rings (SSSR count). The molecule has 1 aliphatic heterocycles. The lowest BCUT2D eigenvalue weighted by Crippen LogP contribution is -2.44. The molecule has 33 heavy (non-hydrogen) atoms. The van der Waals surface area contributed by atoms with E-state index in [2.05, 4.69) is 11.5 Å². The molecule has 1 aromatic carbocycles. The van der Waals surface area contributed by atoms with E-state index >= 15 is 0 Å². The van der Waals surface area contributed by atoms with E-state index in [0.717, 1.165) is 40.8 Å². The molecule has 0 amide bonds. The Balaban J connectivity index is 1.73. The molecular formula is C26H28N4O3. The van der Waals surface area contributed by atoms with E-state index in [1.807, 2.05) is 56.3 Å². The highest BCUT2D eigenvalue weighted by Crippen LogP contribution is 2.26. The molecule has 0 aliphatic carbocycles. The summed E-state index contributed by atoms with van der Waals surface area (Å²) >= 11 is 0. The van der Waals surface area contributed by atoms with Crippen molar-refractivity contribution >= 4 is 5.78 Å². The number of carbonyl (C=O) groups is 1. The van der Waals surface area contributed by atoms with Crippen molar-refractivity contribution in [2.24, 2.45) is 0 Å². The van der Waals surface area contributed by atoms with Gasteiger partial charge in [-0.2, -0.15) is 5.26 Å². The van der Waals surface area contributed by atoms with E-state index in [1.165, 1.54) is 4.57 Å². The summed E-state index contributed by atoms with van der Waals surface area (Å²) in [6, 6.07) is 13.8. The van der Waals surface area contributed by atoms with Crippen LogP contribution in [0, 0.1) is 25.2 Å². The van der Waals surface area contributed by atoms with Crippen molar-refractivity contribution < 1.29 is 4.79 Å². The Morgan fingerprint density at radius 2 is 1.85 bits per heavy atom. The summed E-state index contributed by atoms with van der Waals surface area (Å²) in [7, 11) is 0. The fraction of sp³-hybridized carbons (Fsp3) is 0.385. The van der Waals surface area contributed by atoms with Crippen molar-refractivity contribution in [2.75, 3.05) is 0 Å². The highest BCUT2D eigenvalue weighted by Gasteiger charge is 2.24. The largest absolute Gasteiger partial charge is 0.341 e. The van der Waals surface area contributed by atoms with Crippen LogP contribution in [-0.4, -0.2) is 19.5 Å². The van der Waals surface area contributed by atoms with Crippen LogP contribution in [0.3, 0.4) is 0 Å². The number of rotatable bonds is 5. The molecule has 0 saturated heterocycles. The lowest BCUT2D eigenvalue weighted by Gasteiger charge is -2.19. The van der Waals surface area contributed by atoms with Crippen LogP contribution in [-0.2, 0) is 19.5 Å². The third kappa shape index (κ3) is 3.97. The number of ketones is 1. The summed E-state index contributed by atoms with van der Waals surface area (Å²) in [5.41, 5.74) is 2.63. The molecule has 0 spiro atoms. The fourth-order valence-electron chi connectivity index (χ4n) is 4.99. The number of benzene rings is 1. The van der Waals surface area contributed by atoms with Gasteiger partial charge in [0.2, 0.25) is 0 Å². The van der Waals surface area contributed by atoms with Gasteiger partial charge in [-0.25, -0.2) is 4.79 Å². The zero-order valence-corrected chi connectivity index (χ0v) is 19.3. The quantitative estimate of drug-likeness (QED) is 0.563. The molecule has 0 fully saturated rings. The maximum atomic E-state index is 13.3. The first-order valence-electron chi connectivity index (χ1n) is 11.4. The van der Waals surface area contributed by atoms with Crippen LogP contribution in [0.2, 0.25) is 0 Å². The Morgan fingerprint density at radius 1 is 1.12 bits per heavy atom. The van der Waals surface area contributed by atoms with Gasteiger partial charge in [0.05, 0.1) is 12.6 Å². The van der Waals surface area contributed by atoms with Crippen molar-refractivity contribution in [3.63, 3.8) is 0 Å². The zero-order valence-electron chi connectivity index (χ0n) is 19.3. The predicted octanol–water partition coefficient (Wildman–Crippen LogP) is 3.52. The molecule has 7 nitrogen and oxygen atoms in total. The number of nitriles is 1. The van der Waals surface area contributed by atoms with Crippen LogP contribution in [0.25, 0.3) is 0 Å². The maximum Gasteiger partial charge on any atom is 0.331 e. The molecule has 1 unspecified atom stereocenters. The topological polar surface area (TPSA) is 89.8 Å². The van der Waals surface area contributed by atoms with Gasteiger partial charge in [-0.05, 0) is 51.7 Å². The molecule has 0 bridgehead atoms. The van der Waals surface area contributed by atoms with Gasteiger partial charge in [0.1, 0.15) is 11.6 Å². The van der Waals surface area contributed by atoms with Gasteiger partial charge >= 0.3 is 5.69 Å². The Bertz CT molecular complexity index is 1370. The minimum atomic E-state index is -0.671. The molecule has 0 radical (unpaired) electrons. The Morgan fingerprint density at radius 3 is 2.55 bits per heavy atom. The van der Waals surface area contributed by atoms with Crippen molar-refractivity contribution in [3.8, 4) is 6.07 Å². The second-order valence-electron chi connectivity index (χ2n) is 8.73. The first-order chi connectivity index (χ1) is 15.8. The highest BCUT2D eigenvalue weighted by molar-refractivity contribution is 5.97. The summed E-state index contributed by atoms with van der Waals surface area (Å²) in [5.74, 6) is -0.313. The summed E-state index contributed by atoms with van der Waals surface area (Å²) in [4.78, 5) is 39.4. The number of hydrogen-bond donors (Lipinski definition) is 0. The fourth-order valence-corrected chi connectivity index (χ4v) is 4.99. The number of fused-ring (bicyclic) bond motifs is 1. The van der Waals surface area contributed by atoms with E-state index in [4.69, 9.17) is 0 Å². The number of carbonyl (C=O) groups excluding carboxylic acids is 1. The minimum Gasteiger partial charge on any atom is -0.341 e. The van der Waals surface area contributed by atoms with Crippen molar-refractivity contribution in [3.05, 3.63) is 91.0 Å². The van der Waals surface area contributed by atoms with E-state index in [-0.39, 0.29) is 23.9 Å². The lowest BCUT2D eigenvalue weighted by molar-refractivity contribution is 0.0967. The van der Waals surface area contributed by atoms with Crippen LogP contribution in [0.5, 0.6) is 0 Å². The van der Waals surface area contributed by atoms with Crippen LogP contribution >= 0.6 is 0 Å². The predicted molar refractivity (Wildman–Crippen MR) is 126 cm³/mol. The van der Waals surface area contributed by atoms with E-state index in [0.29, 0.717) is 24.2 Å². The SMILES string of the molecule is Cc1cc(C(=O)Cn2c(=O)c(C#N)c3n(c2=O)CCCCC3)c(C)n1C(C)c1ccccc1. The third-order valence-corrected chi connectivity index (χ3v) is 6.70. The molecule has 1 aliphatic rings. The molecular weight excluding hydrogens is 416 g/mol. The van der Waals surface area contributed by atoms with Crippen LogP contribution in [0.1, 0.15) is 70.8 Å². The highest BCUT2D eigenvalue weighted by atomic mass is 16.2. The molecule has 2 aromatic heterocycles. The van der Waals surface area contributed by atoms with Gasteiger partial charge < -0.3 is 4.57 Å². The van der Waals surface area contributed by atoms with E-state index in [9.17, 15) is 19.6 Å². The van der Waals surface area contributed by atoms with Crippen molar-refractivity contribution in [2.45, 2.75) is 65.6 Å². The molecule has 170 valence electrons. The van der Waals surface area contributed by atoms with Gasteiger partial charge in [-0.3, -0.25) is 18.7 Å². The van der Waals surface area contributed by atoms with Gasteiger partial charge in [-0.1, -0.05) is 36.8 Å². The Hall–Kier alpha value is -3.66. The second kappa shape index (κ2) is 9.07. The number of aryl methyl sites for hydroxylation is 1. The van der Waals surface area contributed by atoms with Gasteiger partial charge in [0.25, 0.3) is 5.56 Å². The number of hydrogen-bond acceptors (Lipinski definition) is 4. The average molecular weight is 445 g/mol. The van der Waals surface area contributed by atoms with Crippen LogP contribution in [0.4, 0.5) is 0 Å². The van der Waals surface area contributed by atoms with Gasteiger partial charge in [0.15, 0.2) is 5.78 Å². The molecule has 0 N–H and O–H groups in total. The number of Topliss-reactive ketones (excluding diaryl/α,β-unsaturated/α-hetero) is 1. The van der Waals surface area contributed by atoms with Crippen molar-refractivity contribution in [1.82, 2.24) is 13.7 Å². The lowest BCUT2D eigenvalue weighted by atomic mass is 10.1. The average Bonchev–Trinajstić information content (AvgIpc) is 2.96. The second-order valence-corrected chi connectivity index (χ2v) is 8.73. The smallest absolute Gasteiger partial charge is 0.331 e. The monoisotopic (exact) mass is 444 g/mol. The molecule has 0 saturated carbocycles. The maximum absolute atomic E-state index is 13.3. The number of aromatic nitrogens is 3. The normalized spacial score (nSPS) is 14.2. The van der Waals surface area contributed by atoms with Crippen LogP contribution < -0.4 is 11.2 Å². The summed E-state index contributed by atoms with van der Waals surface area (Å²) in [6.45, 7) is 5.98. The molecule has 3 heterocycles. The third-order valence-electron chi connectivity index (χ3n) is 6.70. The first kappa shape index (κ1) is 22.5. The number of nitrogens with zero attached hydrogens (tertiary/aromatic N) is 4. The minimum absolute atomic E-state index is 0.0209. The summed E-state index contributed by atoms with van der Waals surface area (Å²) in [5, 5.41) is 9.62. The van der Waals surface area contributed by atoms with Gasteiger partial charge in [-0.15, -0.1) is 0 Å². The first-order valence-corrected chi connectivity index (χ1v) is 11.4. The van der Waals surface area contributed by atoms with E-state index < -0.39 is 11.2 Å². The van der Waals surface area contributed by atoms with Crippen LogP contribution in [0.15, 0.2) is 46.0 Å². The molecule has 3 aromatic rings. The standard InChI is InChI=1S/C26H28N4O3/c1-17-14-21(19(3)30(17)18(2)20-10-6-4-7-11-20)24(31)16-29-25(32)22(15-27)23-12-8-5-9-13-28(23)26(29)33/h4,6-7,10-11,14,18H,5,8-9,12-13,16H2,1-3H3.